The van der Waals surface area contributed by atoms with Crippen LogP contribution < -0.4 is 4.18 Å². The minimum absolute atomic E-state index is 0.0425. The molecule has 1 aromatic carbocycles. The minimum atomic E-state index is -7.10. The summed E-state index contributed by atoms with van der Waals surface area (Å²) < 4.78 is 142. The molecule has 0 bridgehead atoms. The SMILES string of the molecule is CS(=O)(=O)Oc1ccccc1C(F)(F)C(F)(F)C(F)(F)C(F)(F)F. The molecule has 13 heteroatoms. The largest absolute Gasteiger partial charge is 0.460 e. The van der Waals surface area contributed by atoms with Gasteiger partial charge in [0.2, 0.25) is 0 Å². The van der Waals surface area contributed by atoms with Crippen LogP contribution in [0.1, 0.15) is 5.56 Å². The molecule has 0 unspecified atom stereocenters. The Bertz CT molecular complexity index is 710. The van der Waals surface area contributed by atoms with Crippen LogP contribution in [0.4, 0.5) is 39.5 Å². The van der Waals surface area contributed by atoms with Gasteiger partial charge in [-0.25, -0.2) is 0 Å². The highest BCUT2D eigenvalue weighted by Crippen LogP contribution is 2.57. The number of halogens is 9. The Labute approximate surface area is 129 Å². The lowest BCUT2D eigenvalue weighted by Gasteiger charge is -2.34. The van der Waals surface area contributed by atoms with Crippen molar-refractivity contribution >= 4 is 10.1 Å². The van der Waals surface area contributed by atoms with Gasteiger partial charge in [0.15, 0.2) is 5.75 Å². The highest BCUT2D eigenvalue weighted by molar-refractivity contribution is 7.86. The highest BCUT2D eigenvalue weighted by atomic mass is 32.2. The van der Waals surface area contributed by atoms with Crippen molar-refractivity contribution in [3.05, 3.63) is 29.8 Å². The summed E-state index contributed by atoms with van der Waals surface area (Å²) in [6, 6.07) is 1.85. The molecule has 1 rings (SSSR count). The molecule has 0 saturated carbocycles. The van der Waals surface area contributed by atoms with E-state index in [4.69, 9.17) is 0 Å². The molecule has 0 aliphatic carbocycles. The Morgan fingerprint density at radius 2 is 1.29 bits per heavy atom. The average Bonchev–Trinajstić information content (AvgIpc) is 2.35. The lowest BCUT2D eigenvalue weighted by Crippen LogP contribution is -2.59. The molecule has 0 radical (unpaired) electrons. The van der Waals surface area contributed by atoms with Crippen LogP contribution in [0.5, 0.6) is 5.75 Å². The molecule has 0 atom stereocenters. The summed E-state index contributed by atoms with van der Waals surface area (Å²) in [4.78, 5) is 0. The van der Waals surface area contributed by atoms with Crippen molar-refractivity contribution in [2.45, 2.75) is 23.9 Å². The average molecular weight is 390 g/mol. The molecule has 1 aromatic rings. The quantitative estimate of drug-likeness (QED) is 0.565. The van der Waals surface area contributed by atoms with E-state index < -0.39 is 45.4 Å². The third-order valence-corrected chi connectivity index (χ3v) is 3.09. The first-order chi connectivity index (χ1) is 10.5. The predicted molar refractivity (Wildman–Crippen MR) is 61.8 cm³/mol. The van der Waals surface area contributed by atoms with Gasteiger partial charge >= 0.3 is 34.1 Å². The third kappa shape index (κ3) is 3.39. The maximum Gasteiger partial charge on any atom is 0.460 e. The summed E-state index contributed by atoms with van der Waals surface area (Å²) in [6.07, 6.45) is -6.66. The third-order valence-electron chi connectivity index (χ3n) is 2.61. The zero-order valence-electron chi connectivity index (χ0n) is 11.3. The second-order valence-corrected chi connectivity index (χ2v) is 6.08. The van der Waals surface area contributed by atoms with Crippen molar-refractivity contribution in [1.29, 1.82) is 0 Å². The number of rotatable bonds is 5. The topological polar surface area (TPSA) is 43.4 Å². The maximum absolute atomic E-state index is 13.8. The molecular weight excluding hydrogens is 383 g/mol. The Kier molecular flexibility index (Phi) is 4.85. The fourth-order valence-electron chi connectivity index (χ4n) is 1.51. The summed E-state index contributed by atoms with van der Waals surface area (Å²) in [5.74, 6) is -21.6. The summed E-state index contributed by atoms with van der Waals surface area (Å²) in [6.45, 7) is 0. The summed E-state index contributed by atoms with van der Waals surface area (Å²) in [7, 11) is -4.56. The van der Waals surface area contributed by atoms with Crippen LogP contribution in [0.25, 0.3) is 0 Å². The maximum atomic E-state index is 13.8. The van der Waals surface area contributed by atoms with Crippen molar-refractivity contribution in [2.75, 3.05) is 6.26 Å². The lowest BCUT2D eigenvalue weighted by molar-refractivity contribution is -0.399. The van der Waals surface area contributed by atoms with Crippen LogP contribution >= 0.6 is 0 Å². The summed E-state index contributed by atoms with van der Waals surface area (Å²) in [5, 5.41) is 0. The summed E-state index contributed by atoms with van der Waals surface area (Å²) >= 11 is 0. The van der Waals surface area contributed by atoms with Gasteiger partial charge in [0.1, 0.15) is 0 Å². The van der Waals surface area contributed by atoms with Crippen molar-refractivity contribution < 1.29 is 52.1 Å². The zero-order valence-corrected chi connectivity index (χ0v) is 12.2. The van der Waals surface area contributed by atoms with E-state index >= 15 is 0 Å². The van der Waals surface area contributed by atoms with E-state index in [2.05, 4.69) is 4.18 Å². The summed E-state index contributed by atoms with van der Waals surface area (Å²) in [5.41, 5.74) is -2.15. The Morgan fingerprint density at radius 3 is 1.71 bits per heavy atom. The first kappa shape index (κ1) is 20.4. The van der Waals surface area contributed by atoms with Gasteiger partial charge in [0.05, 0.1) is 11.8 Å². The molecule has 0 amide bonds. The van der Waals surface area contributed by atoms with Gasteiger partial charge in [-0.3, -0.25) is 0 Å². The van der Waals surface area contributed by atoms with Crippen LogP contribution in [0.15, 0.2) is 24.3 Å². The van der Waals surface area contributed by atoms with Crippen molar-refractivity contribution in [2.24, 2.45) is 0 Å². The van der Waals surface area contributed by atoms with E-state index in [1.54, 1.807) is 0 Å². The number of alkyl halides is 9. The van der Waals surface area contributed by atoms with Gasteiger partial charge in [-0.1, -0.05) is 12.1 Å². The van der Waals surface area contributed by atoms with Gasteiger partial charge in [-0.15, -0.1) is 0 Å². The standard InChI is InChI=1S/C11H7F9O3S/c1-24(21,22)23-7-5-3-2-4-6(7)8(12,13)9(14,15)10(16,17)11(18,19)20/h2-5H,1H3. The van der Waals surface area contributed by atoms with Gasteiger partial charge in [-0.05, 0) is 12.1 Å². The van der Waals surface area contributed by atoms with Crippen LogP contribution in [0.2, 0.25) is 0 Å². The Morgan fingerprint density at radius 1 is 0.833 bits per heavy atom. The monoisotopic (exact) mass is 390 g/mol. The molecule has 0 aliphatic rings. The smallest absolute Gasteiger partial charge is 0.382 e. The van der Waals surface area contributed by atoms with Gasteiger partial charge in [0, 0.05) is 0 Å². The number of benzene rings is 1. The van der Waals surface area contributed by atoms with Crippen LogP contribution in [-0.2, 0) is 16.0 Å². The number of hydrogen-bond acceptors (Lipinski definition) is 3. The number of para-hydroxylation sites is 1. The van der Waals surface area contributed by atoms with E-state index in [9.17, 15) is 47.9 Å². The molecule has 0 aromatic heterocycles. The molecular formula is C11H7F9O3S. The Balaban J connectivity index is 3.56. The Hall–Kier alpha value is -1.66. The highest BCUT2D eigenvalue weighted by Gasteiger charge is 2.82. The van der Waals surface area contributed by atoms with E-state index in [0.29, 0.717) is 18.4 Å². The van der Waals surface area contributed by atoms with E-state index in [1.165, 1.54) is 0 Å². The molecule has 24 heavy (non-hydrogen) atoms. The minimum Gasteiger partial charge on any atom is -0.382 e. The van der Waals surface area contributed by atoms with Crippen molar-refractivity contribution in [3.63, 3.8) is 0 Å². The zero-order chi connectivity index (χ0) is 19.2. The molecule has 0 aliphatic heterocycles. The molecule has 0 N–H and O–H groups in total. The van der Waals surface area contributed by atoms with Gasteiger partial charge in [-0.2, -0.15) is 47.9 Å². The molecule has 0 saturated heterocycles. The lowest BCUT2D eigenvalue weighted by atomic mass is 9.96. The molecule has 3 nitrogen and oxygen atoms in total. The van der Waals surface area contributed by atoms with Crippen molar-refractivity contribution in [1.82, 2.24) is 0 Å². The van der Waals surface area contributed by atoms with Crippen LogP contribution in [-0.4, -0.2) is 32.7 Å². The second kappa shape index (κ2) is 5.70. The first-order valence-electron chi connectivity index (χ1n) is 5.64. The molecule has 0 spiro atoms. The van der Waals surface area contributed by atoms with Crippen LogP contribution in [0.3, 0.4) is 0 Å². The molecule has 0 heterocycles. The normalized spacial score (nSPS) is 14.6. The first-order valence-corrected chi connectivity index (χ1v) is 7.46. The number of hydrogen-bond donors (Lipinski definition) is 0. The van der Waals surface area contributed by atoms with Gasteiger partial charge < -0.3 is 4.18 Å². The van der Waals surface area contributed by atoms with E-state index in [-0.39, 0.29) is 6.07 Å². The second-order valence-electron chi connectivity index (χ2n) is 4.50. The van der Waals surface area contributed by atoms with E-state index in [0.717, 1.165) is 6.07 Å². The van der Waals surface area contributed by atoms with Crippen LogP contribution in [0, 0.1) is 0 Å². The van der Waals surface area contributed by atoms with Gasteiger partial charge in [0.25, 0.3) is 0 Å². The molecule has 0 fully saturated rings. The van der Waals surface area contributed by atoms with E-state index in [1.807, 2.05) is 0 Å². The molecule has 138 valence electrons. The predicted octanol–water partition coefficient (Wildman–Crippen LogP) is 3.95. The van der Waals surface area contributed by atoms with Crippen molar-refractivity contribution in [3.8, 4) is 5.75 Å². The fourth-order valence-corrected chi connectivity index (χ4v) is 1.98. The fraction of sp³-hybridized carbons (Fsp3) is 0.455.